The van der Waals surface area contributed by atoms with Gasteiger partial charge in [-0.05, 0) is 23.1 Å². The minimum Gasteiger partial charge on any atom is -0.376 e. The molecule has 1 unspecified atom stereocenters. The van der Waals surface area contributed by atoms with E-state index in [4.69, 9.17) is 9.26 Å². The minimum atomic E-state index is 0.286. The SMILES string of the molecule is c1ccc(COCCc2nc(C3Cc4ccccc43)no2)cc1. The number of fused-ring (bicyclic) bond motifs is 1. The molecule has 0 bridgehead atoms. The number of benzene rings is 2. The number of ether oxygens (including phenoxy) is 1. The molecular formula is C19H18N2O2. The summed E-state index contributed by atoms with van der Waals surface area (Å²) in [6.07, 6.45) is 1.65. The Kier molecular flexibility index (Phi) is 3.90. The van der Waals surface area contributed by atoms with Gasteiger partial charge in [-0.3, -0.25) is 0 Å². The molecule has 4 nitrogen and oxygen atoms in total. The quantitative estimate of drug-likeness (QED) is 0.654. The highest BCUT2D eigenvalue weighted by atomic mass is 16.5. The first-order chi connectivity index (χ1) is 11.4. The fraction of sp³-hybridized carbons (Fsp3) is 0.263. The van der Waals surface area contributed by atoms with Crippen LogP contribution < -0.4 is 0 Å². The topological polar surface area (TPSA) is 48.2 Å². The molecule has 1 atom stereocenters. The molecular weight excluding hydrogens is 288 g/mol. The molecule has 0 aliphatic heterocycles. The molecule has 3 aromatic rings. The lowest BCUT2D eigenvalue weighted by Gasteiger charge is -2.27. The van der Waals surface area contributed by atoms with Crippen molar-refractivity contribution >= 4 is 0 Å². The maximum atomic E-state index is 5.66. The van der Waals surface area contributed by atoms with Crippen LogP contribution in [0.3, 0.4) is 0 Å². The van der Waals surface area contributed by atoms with Crippen LogP contribution in [0.1, 0.15) is 34.3 Å². The van der Waals surface area contributed by atoms with E-state index in [9.17, 15) is 0 Å². The summed E-state index contributed by atoms with van der Waals surface area (Å²) < 4.78 is 11.0. The van der Waals surface area contributed by atoms with Crippen LogP contribution in [0, 0.1) is 0 Å². The van der Waals surface area contributed by atoms with E-state index in [0.717, 1.165) is 12.2 Å². The Morgan fingerprint density at radius 3 is 2.74 bits per heavy atom. The summed E-state index contributed by atoms with van der Waals surface area (Å²) in [5.41, 5.74) is 3.88. The van der Waals surface area contributed by atoms with E-state index < -0.39 is 0 Å². The van der Waals surface area contributed by atoms with Crippen molar-refractivity contribution < 1.29 is 9.26 Å². The van der Waals surface area contributed by atoms with Gasteiger partial charge in [-0.25, -0.2) is 0 Å². The van der Waals surface area contributed by atoms with Gasteiger partial charge in [0.25, 0.3) is 0 Å². The summed E-state index contributed by atoms with van der Waals surface area (Å²) in [5.74, 6) is 1.73. The van der Waals surface area contributed by atoms with Crippen LogP contribution in [0.5, 0.6) is 0 Å². The van der Waals surface area contributed by atoms with Crippen LogP contribution in [0.15, 0.2) is 59.1 Å². The molecule has 4 heteroatoms. The zero-order valence-electron chi connectivity index (χ0n) is 12.8. The second-order valence-corrected chi connectivity index (χ2v) is 5.79. The monoisotopic (exact) mass is 306 g/mol. The Bertz CT molecular complexity index is 783. The fourth-order valence-corrected chi connectivity index (χ4v) is 2.92. The molecule has 0 fully saturated rings. The Labute approximate surface area is 135 Å². The summed E-state index contributed by atoms with van der Waals surface area (Å²) in [6.45, 7) is 1.19. The molecule has 1 aromatic heterocycles. The Morgan fingerprint density at radius 1 is 1.04 bits per heavy atom. The van der Waals surface area contributed by atoms with E-state index in [2.05, 4.69) is 46.5 Å². The van der Waals surface area contributed by atoms with E-state index in [1.807, 2.05) is 18.2 Å². The Hall–Kier alpha value is -2.46. The number of nitrogens with zero attached hydrogens (tertiary/aromatic N) is 2. The van der Waals surface area contributed by atoms with Crippen molar-refractivity contribution in [1.29, 1.82) is 0 Å². The van der Waals surface area contributed by atoms with Gasteiger partial charge in [0.2, 0.25) is 5.89 Å². The molecule has 0 amide bonds. The number of hydrogen-bond acceptors (Lipinski definition) is 4. The van der Waals surface area contributed by atoms with Crippen molar-refractivity contribution in [3.63, 3.8) is 0 Å². The first-order valence-corrected chi connectivity index (χ1v) is 7.92. The predicted octanol–water partition coefficient (Wildman–Crippen LogP) is 3.52. The number of hydrogen-bond donors (Lipinski definition) is 0. The first kappa shape index (κ1) is 14.2. The summed E-state index contributed by atoms with van der Waals surface area (Å²) in [6, 6.07) is 18.6. The zero-order valence-corrected chi connectivity index (χ0v) is 12.8. The number of aromatic nitrogens is 2. The van der Waals surface area contributed by atoms with Crippen molar-refractivity contribution in [2.24, 2.45) is 0 Å². The molecule has 0 radical (unpaired) electrons. The molecule has 2 aromatic carbocycles. The van der Waals surface area contributed by atoms with Gasteiger partial charge < -0.3 is 9.26 Å². The molecule has 1 aliphatic carbocycles. The minimum absolute atomic E-state index is 0.286. The normalized spacial score (nSPS) is 15.9. The molecule has 1 heterocycles. The maximum absolute atomic E-state index is 5.66. The van der Waals surface area contributed by atoms with Crippen LogP contribution in [-0.2, 0) is 24.2 Å². The molecule has 0 saturated heterocycles. The largest absolute Gasteiger partial charge is 0.376 e. The van der Waals surface area contributed by atoms with Gasteiger partial charge in [0.05, 0.1) is 25.6 Å². The molecule has 0 N–H and O–H groups in total. The standard InChI is InChI=1S/C19H18N2O2/c1-2-6-14(7-3-1)13-22-11-10-18-20-19(21-23-18)17-12-15-8-4-5-9-16(15)17/h1-9,17H,10-13H2. The Morgan fingerprint density at radius 2 is 1.87 bits per heavy atom. The van der Waals surface area contributed by atoms with E-state index in [1.165, 1.54) is 16.7 Å². The highest BCUT2D eigenvalue weighted by molar-refractivity contribution is 5.43. The van der Waals surface area contributed by atoms with Crippen LogP contribution in [0.25, 0.3) is 0 Å². The molecule has 4 rings (SSSR count). The number of rotatable bonds is 6. The van der Waals surface area contributed by atoms with Gasteiger partial charge in [-0.15, -0.1) is 0 Å². The van der Waals surface area contributed by atoms with E-state index in [1.54, 1.807) is 0 Å². The summed E-state index contributed by atoms with van der Waals surface area (Å²) >= 11 is 0. The average molecular weight is 306 g/mol. The molecule has 0 saturated carbocycles. The van der Waals surface area contributed by atoms with E-state index in [-0.39, 0.29) is 5.92 Å². The van der Waals surface area contributed by atoms with Crippen molar-refractivity contribution in [1.82, 2.24) is 10.1 Å². The van der Waals surface area contributed by atoms with Gasteiger partial charge in [-0.1, -0.05) is 59.8 Å². The van der Waals surface area contributed by atoms with Crippen molar-refractivity contribution in [3.8, 4) is 0 Å². The van der Waals surface area contributed by atoms with Crippen LogP contribution in [-0.4, -0.2) is 16.7 Å². The summed E-state index contributed by atoms with van der Waals surface area (Å²) in [4.78, 5) is 4.52. The van der Waals surface area contributed by atoms with Crippen molar-refractivity contribution in [2.75, 3.05) is 6.61 Å². The second-order valence-electron chi connectivity index (χ2n) is 5.79. The third kappa shape index (κ3) is 3.03. The van der Waals surface area contributed by atoms with Crippen molar-refractivity contribution in [3.05, 3.63) is 83.0 Å². The predicted molar refractivity (Wildman–Crippen MR) is 86.1 cm³/mol. The van der Waals surface area contributed by atoms with Crippen molar-refractivity contribution in [2.45, 2.75) is 25.4 Å². The van der Waals surface area contributed by atoms with Gasteiger partial charge in [0.1, 0.15) is 0 Å². The van der Waals surface area contributed by atoms with E-state index in [0.29, 0.717) is 25.5 Å². The Balaban J connectivity index is 1.29. The second kappa shape index (κ2) is 6.34. The van der Waals surface area contributed by atoms with Crippen LogP contribution in [0.2, 0.25) is 0 Å². The third-order valence-corrected chi connectivity index (χ3v) is 4.22. The average Bonchev–Trinajstić information content (AvgIpc) is 3.02. The highest BCUT2D eigenvalue weighted by Crippen LogP contribution is 2.38. The summed E-state index contributed by atoms with van der Waals surface area (Å²) in [5, 5.41) is 4.13. The smallest absolute Gasteiger partial charge is 0.228 e. The fourth-order valence-electron chi connectivity index (χ4n) is 2.92. The zero-order chi connectivity index (χ0) is 15.5. The third-order valence-electron chi connectivity index (χ3n) is 4.22. The molecule has 1 aliphatic rings. The van der Waals surface area contributed by atoms with Gasteiger partial charge in [0, 0.05) is 0 Å². The van der Waals surface area contributed by atoms with E-state index >= 15 is 0 Å². The molecule has 116 valence electrons. The van der Waals surface area contributed by atoms with Crippen LogP contribution >= 0.6 is 0 Å². The van der Waals surface area contributed by atoms with Gasteiger partial charge in [-0.2, -0.15) is 4.98 Å². The lowest BCUT2D eigenvalue weighted by Crippen LogP contribution is -2.19. The van der Waals surface area contributed by atoms with Gasteiger partial charge >= 0.3 is 0 Å². The lowest BCUT2D eigenvalue weighted by atomic mass is 9.77. The highest BCUT2D eigenvalue weighted by Gasteiger charge is 2.30. The molecule has 23 heavy (non-hydrogen) atoms. The lowest BCUT2D eigenvalue weighted by molar-refractivity contribution is 0.118. The molecule has 0 spiro atoms. The van der Waals surface area contributed by atoms with Crippen LogP contribution in [0.4, 0.5) is 0 Å². The summed E-state index contributed by atoms with van der Waals surface area (Å²) in [7, 11) is 0. The van der Waals surface area contributed by atoms with Gasteiger partial charge in [0.15, 0.2) is 5.82 Å². The maximum Gasteiger partial charge on any atom is 0.228 e. The first-order valence-electron chi connectivity index (χ1n) is 7.92.